The van der Waals surface area contributed by atoms with E-state index in [-0.39, 0.29) is 5.91 Å². The van der Waals surface area contributed by atoms with Gasteiger partial charge in [0.15, 0.2) is 0 Å². The average molecular weight is 314 g/mol. The number of rotatable bonds is 6. The number of aromatic nitrogens is 1. The van der Waals surface area contributed by atoms with E-state index in [1.807, 2.05) is 29.1 Å². The third kappa shape index (κ3) is 3.74. The molecule has 1 aromatic heterocycles. The molecule has 1 fully saturated rings. The molecule has 1 aliphatic carbocycles. The molecule has 4 nitrogen and oxygen atoms in total. The predicted molar refractivity (Wildman–Crippen MR) is 84.5 cm³/mol. The Morgan fingerprint density at radius 1 is 1.60 bits per heavy atom. The number of carbonyl (C=O) groups is 1. The maximum absolute atomic E-state index is 12.4. The topological polar surface area (TPSA) is 42.4 Å². The van der Waals surface area contributed by atoms with Gasteiger partial charge in [0.2, 0.25) is 0 Å². The molecule has 112 valence electrons. The molecule has 0 radical (unpaired) electrons. The fourth-order valence-electron chi connectivity index (χ4n) is 2.60. The molecule has 0 aliphatic heterocycles. The van der Waals surface area contributed by atoms with Crippen LogP contribution in [0.25, 0.3) is 0 Å². The molecule has 6 heteroatoms. The monoisotopic (exact) mass is 314 g/mol. The Hall–Kier alpha value is -0.590. The van der Waals surface area contributed by atoms with Crippen molar-refractivity contribution in [2.24, 2.45) is 0 Å². The molecule has 20 heavy (non-hydrogen) atoms. The van der Waals surface area contributed by atoms with Crippen molar-refractivity contribution in [1.29, 1.82) is 0 Å². The molecule has 0 spiro atoms. The normalized spacial score (nSPS) is 22.1. The minimum absolute atomic E-state index is 0.0377. The Morgan fingerprint density at radius 3 is 3.10 bits per heavy atom. The van der Waals surface area contributed by atoms with Crippen LogP contribution in [0.4, 0.5) is 0 Å². The van der Waals surface area contributed by atoms with Crippen LogP contribution in [0.15, 0.2) is 5.38 Å². The summed E-state index contributed by atoms with van der Waals surface area (Å²) in [5, 5.41) is 3.40. The summed E-state index contributed by atoms with van der Waals surface area (Å²) in [5.41, 5.74) is 0.552. The minimum atomic E-state index is 0.0377. The average Bonchev–Trinajstić information content (AvgIpc) is 3.07. The van der Waals surface area contributed by atoms with Crippen molar-refractivity contribution >= 4 is 29.0 Å². The van der Waals surface area contributed by atoms with Crippen molar-refractivity contribution in [1.82, 2.24) is 9.88 Å². The number of nitrogens with zero attached hydrogens (tertiary/aromatic N) is 2. The van der Waals surface area contributed by atoms with Crippen LogP contribution in [0, 0.1) is 0 Å². The predicted octanol–water partition coefficient (Wildman–Crippen LogP) is 3.04. The Kier molecular flexibility index (Phi) is 5.86. The van der Waals surface area contributed by atoms with Gasteiger partial charge in [0.05, 0.1) is 6.61 Å². The van der Waals surface area contributed by atoms with E-state index in [2.05, 4.69) is 11.9 Å². The molecule has 1 aliphatic rings. The summed E-state index contributed by atoms with van der Waals surface area (Å²) >= 11 is 3.49. The van der Waals surface area contributed by atoms with Crippen molar-refractivity contribution in [3.05, 3.63) is 16.1 Å². The fraction of sp³-hybridized carbons (Fsp3) is 0.714. The van der Waals surface area contributed by atoms with Gasteiger partial charge in [0.25, 0.3) is 5.91 Å². The standard InChI is InChI=1S/C14H22N2O2S2/c1-4-19-11-6-5-10(7-11)16(2)14(17)12-9-20-13(15-12)8-18-3/h9-11H,4-8H2,1-3H3. The zero-order valence-corrected chi connectivity index (χ0v) is 13.9. The van der Waals surface area contributed by atoms with Crippen LogP contribution in [0.2, 0.25) is 0 Å². The van der Waals surface area contributed by atoms with Crippen LogP contribution in [-0.2, 0) is 11.3 Å². The summed E-state index contributed by atoms with van der Waals surface area (Å²) in [4.78, 5) is 18.7. The molecule has 1 amide bonds. The van der Waals surface area contributed by atoms with Crippen LogP contribution in [0.3, 0.4) is 0 Å². The highest BCUT2D eigenvalue weighted by Crippen LogP contribution is 2.32. The van der Waals surface area contributed by atoms with E-state index in [4.69, 9.17) is 4.74 Å². The van der Waals surface area contributed by atoms with E-state index in [0.29, 0.717) is 23.6 Å². The Labute approximate surface area is 128 Å². The van der Waals surface area contributed by atoms with E-state index < -0.39 is 0 Å². The van der Waals surface area contributed by atoms with E-state index in [1.165, 1.54) is 17.8 Å². The molecule has 2 rings (SSSR count). The van der Waals surface area contributed by atoms with Crippen LogP contribution in [-0.4, -0.2) is 47.0 Å². The van der Waals surface area contributed by atoms with Gasteiger partial charge in [-0.05, 0) is 25.0 Å². The first-order valence-corrected chi connectivity index (χ1v) is 8.90. The highest BCUT2D eigenvalue weighted by molar-refractivity contribution is 7.99. The second-order valence-corrected chi connectivity index (χ2v) is 7.54. The minimum Gasteiger partial charge on any atom is -0.378 e. The summed E-state index contributed by atoms with van der Waals surface area (Å²) in [5.74, 6) is 1.19. The highest BCUT2D eigenvalue weighted by Gasteiger charge is 2.30. The second-order valence-electron chi connectivity index (χ2n) is 5.02. The summed E-state index contributed by atoms with van der Waals surface area (Å²) in [7, 11) is 3.54. The van der Waals surface area contributed by atoms with Gasteiger partial charge < -0.3 is 9.64 Å². The molecule has 1 aromatic rings. The molecule has 0 saturated heterocycles. The van der Waals surface area contributed by atoms with Crippen LogP contribution >= 0.6 is 23.1 Å². The molecule has 2 unspecified atom stereocenters. The molecule has 0 bridgehead atoms. The van der Waals surface area contributed by atoms with Crippen molar-refractivity contribution in [3.8, 4) is 0 Å². The zero-order chi connectivity index (χ0) is 14.5. The highest BCUT2D eigenvalue weighted by atomic mass is 32.2. The number of ether oxygens (including phenoxy) is 1. The first-order valence-electron chi connectivity index (χ1n) is 6.97. The zero-order valence-electron chi connectivity index (χ0n) is 12.3. The smallest absolute Gasteiger partial charge is 0.273 e. The van der Waals surface area contributed by atoms with Crippen molar-refractivity contribution in [2.75, 3.05) is 19.9 Å². The van der Waals surface area contributed by atoms with Crippen molar-refractivity contribution in [2.45, 2.75) is 44.1 Å². The van der Waals surface area contributed by atoms with Gasteiger partial charge >= 0.3 is 0 Å². The number of carbonyl (C=O) groups excluding carboxylic acids is 1. The fourth-order valence-corrected chi connectivity index (χ4v) is 4.47. The number of hydrogen-bond acceptors (Lipinski definition) is 5. The molecular formula is C14H22N2O2S2. The first-order chi connectivity index (χ1) is 9.65. The third-order valence-corrected chi connectivity index (χ3v) is 5.72. The lowest BCUT2D eigenvalue weighted by molar-refractivity contribution is 0.0729. The largest absolute Gasteiger partial charge is 0.378 e. The van der Waals surface area contributed by atoms with Gasteiger partial charge in [-0.2, -0.15) is 11.8 Å². The number of hydrogen-bond donors (Lipinski definition) is 0. The van der Waals surface area contributed by atoms with Gasteiger partial charge in [-0.1, -0.05) is 6.92 Å². The molecule has 2 atom stereocenters. The van der Waals surface area contributed by atoms with Crippen LogP contribution in [0.1, 0.15) is 41.7 Å². The van der Waals surface area contributed by atoms with E-state index in [9.17, 15) is 4.79 Å². The molecule has 1 heterocycles. The first kappa shape index (κ1) is 15.8. The van der Waals surface area contributed by atoms with Gasteiger partial charge in [-0.25, -0.2) is 4.98 Å². The lowest BCUT2D eigenvalue weighted by Gasteiger charge is -2.23. The number of thiazole rings is 1. The molecule has 0 aromatic carbocycles. The quantitative estimate of drug-likeness (QED) is 0.809. The number of thioether (sulfide) groups is 1. The third-order valence-electron chi connectivity index (χ3n) is 3.67. The Morgan fingerprint density at radius 2 is 2.40 bits per heavy atom. The summed E-state index contributed by atoms with van der Waals surface area (Å²) in [6, 6.07) is 0.360. The van der Waals surface area contributed by atoms with E-state index >= 15 is 0 Å². The maximum Gasteiger partial charge on any atom is 0.273 e. The summed E-state index contributed by atoms with van der Waals surface area (Å²) < 4.78 is 5.04. The van der Waals surface area contributed by atoms with Gasteiger partial charge in [-0.3, -0.25) is 4.79 Å². The molecular weight excluding hydrogens is 292 g/mol. The lowest BCUT2D eigenvalue weighted by atomic mass is 10.2. The van der Waals surface area contributed by atoms with Crippen molar-refractivity contribution < 1.29 is 9.53 Å². The Balaban J connectivity index is 1.94. The molecule has 1 saturated carbocycles. The maximum atomic E-state index is 12.4. The van der Waals surface area contributed by atoms with E-state index in [1.54, 1.807) is 7.11 Å². The lowest BCUT2D eigenvalue weighted by Crippen LogP contribution is -2.35. The SMILES string of the molecule is CCSC1CCC(N(C)C(=O)c2csc(COC)n2)C1. The Bertz CT molecular complexity index is 450. The number of methoxy groups -OCH3 is 1. The summed E-state index contributed by atoms with van der Waals surface area (Å²) in [6.45, 7) is 2.67. The molecule has 0 N–H and O–H groups in total. The van der Waals surface area contributed by atoms with Crippen LogP contribution < -0.4 is 0 Å². The van der Waals surface area contributed by atoms with Gasteiger partial charge in [0, 0.05) is 30.8 Å². The summed E-state index contributed by atoms with van der Waals surface area (Å²) in [6.07, 6.45) is 3.43. The van der Waals surface area contributed by atoms with Gasteiger partial charge in [-0.15, -0.1) is 11.3 Å². The second kappa shape index (κ2) is 7.43. The van der Waals surface area contributed by atoms with Crippen molar-refractivity contribution in [3.63, 3.8) is 0 Å². The number of amides is 1. The van der Waals surface area contributed by atoms with E-state index in [0.717, 1.165) is 23.6 Å². The van der Waals surface area contributed by atoms with Gasteiger partial charge in [0.1, 0.15) is 10.7 Å². The van der Waals surface area contributed by atoms with Crippen LogP contribution in [0.5, 0.6) is 0 Å².